The summed E-state index contributed by atoms with van der Waals surface area (Å²) in [5.74, 6) is 0. The number of rotatable bonds is 2. The Hall–Kier alpha value is -1.24. The molecular formula is C13H19N. The molecule has 76 valence electrons. The van der Waals surface area contributed by atoms with E-state index in [4.69, 9.17) is 0 Å². The van der Waals surface area contributed by atoms with Gasteiger partial charge in [0, 0.05) is 19.8 Å². The van der Waals surface area contributed by atoms with Crippen LogP contribution in [0.2, 0.25) is 0 Å². The van der Waals surface area contributed by atoms with Gasteiger partial charge in [-0.2, -0.15) is 0 Å². The summed E-state index contributed by atoms with van der Waals surface area (Å²) in [6.45, 7) is 6.39. The largest absolute Gasteiger partial charge is 0.377 e. The molecular weight excluding hydrogens is 170 g/mol. The van der Waals surface area contributed by atoms with Gasteiger partial charge in [-0.1, -0.05) is 17.7 Å². The SMILES string of the molecule is CC(C)=Cc1ccc(N(C)C)c(C)c1. The van der Waals surface area contributed by atoms with E-state index in [-0.39, 0.29) is 0 Å². The molecule has 0 aliphatic heterocycles. The predicted molar refractivity (Wildman–Crippen MR) is 64.8 cm³/mol. The van der Waals surface area contributed by atoms with Crippen molar-refractivity contribution in [3.8, 4) is 0 Å². The lowest BCUT2D eigenvalue weighted by molar-refractivity contribution is 1.11. The van der Waals surface area contributed by atoms with Gasteiger partial charge in [0.2, 0.25) is 0 Å². The maximum absolute atomic E-state index is 2.22. The van der Waals surface area contributed by atoms with Crippen LogP contribution in [0.3, 0.4) is 0 Å². The number of benzene rings is 1. The molecule has 0 aromatic heterocycles. The lowest BCUT2D eigenvalue weighted by Crippen LogP contribution is -2.09. The van der Waals surface area contributed by atoms with Gasteiger partial charge in [-0.15, -0.1) is 0 Å². The van der Waals surface area contributed by atoms with Gasteiger partial charge in [0.15, 0.2) is 0 Å². The summed E-state index contributed by atoms with van der Waals surface area (Å²) in [5, 5.41) is 0. The van der Waals surface area contributed by atoms with Crippen molar-refractivity contribution in [2.45, 2.75) is 20.8 Å². The third kappa shape index (κ3) is 2.63. The van der Waals surface area contributed by atoms with Gasteiger partial charge in [0.1, 0.15) is 0 Å². The fourth-order valence-electron chi connectivity index (χ4n) is 1.60. The first-order valence-corrected chi connectivity index (χ1v) is 4.93. The zero-order valence-electron chi connectivity index (χ0n) is 9.76. The second kappa shape index (κ2) is 4.32. The van der Waals surface area contributed by atoms with Crippen molar-refractivity contribution < 1.29 is 0 Å². The molecule has 0 heterocycles. The molecule has 0 aliphatic rings. The molecule has 0 aliphatic carbocycles. The Morgan fingerprint density at radius 1 is 1.21 bits per heavy atom. The van der Waals surface area contributed by atoms with Crippen LogP contribution in [0.1, 0.15) is 25.0 Å². The van der Waals surface area contributed by atoms with Crippen LogP contribution in [0.5, 0.6) is 0 Å². The third-order valence-electron chi connectivity index (χ3n) is 2.16. The highest BCUT2D eigenvalue weighted by atomic mass is 15.1. The van der Waals surface area contributed by atoms with Gasteiger partial charge in [0.25, 0.3) is 0 Å². The van der Waals surface area contributed by atoms with Gasteiger partial charge in [-0.05, 0) is 44.0 Å². The van der Waals surface area contributed by atoms with E-state index >= 15 is 0 Å². The van der Waals surface area contributed by atoms with E-state index in [1.807, 2.05) is 0 Å². The highest BCUT2D eigenvalue weighted by Crippen LogP contribution is 2.20. The number of hydrogen-bond acceptors (Lipinski definition) is 1. The van der Waals surface area contributed by atoms with Crippen molar-refractivity contribution in [3.05, 3.63) is 34.9 Å². The average molecular weight is 189 g/mol. The van der Waals surface area contributed by atoms with Gasteiger partial charge in [0.05, 0.1) is 0 Å². The van der Waals surface area contributed by atoms with Crippen molar-refractivity contribution in [3.63, 3.8) is 0 Å². The molecule has 0 bridgehead atoms. The lowest BCUT2D eigenvalue weighted by Gasteiger charge is -2.15. The smallest absolute Gasteiger partial charge is 0.0391 e. The summed E-state index contributed by atoms with van der Waals surface area (Å²) in [6, 6.07) is 6.56. The first-order valence-electron chi connectivity index (χ1n) is 4.93. The first-order chi connectivity index (χ1) is 6.50. The quantitative estimate of drug-likeness (QED) is 0.688. The Morgan fingerprint density at radius 3 is 2.29 bits per heavy atom. The van der Waals surface area contributed by atoms with Crippen LogP contribution in [-0.4, -0.2) is 14.1 Å². The van der Waals surface area contributed by atoms with Crippen LogP contribution in [-0.2, 0) is 0 Å². The molecule has 1 nitrogen and oxygen atoms in total. The molecule has 0 unspecified atom stereocenters. The van der Waals surface area contributed by atoms with Crippen LogP contribution < -0.4 is 4.90 Å². The minimum Gasteiger partial charge on any atom is -0.377 e. The summed E-state index contributed by atoms with van der Waals surface area (Å²) in [7, 11) is 4.14. The molecule has 0 spiro atoms. The van der Waals surface area contributed by atoms with Gasteiger partial charge in [-0.3, -0.25) is 0 Å². The number of allylic oxidation sites excluding steroid dienone is 1. The number of nitrogens with zero attached hydrogens (tertiary/aromatic N) is 1. The summed E-state index contributed by atoms with van der Waals surface area (Å²) >= 11 is 0. The van der Waals surface area contributed by atoms with E-state index < -0.39 is 0 Å². The summed E-state index contributed by atoms with van der Waals surface area (Å²) in [5.41, 5.74) is 5.23. The molecule has 1 aromatic rings. The Balaban J connectivity index is 3.07. The fraction of sp³-hybridized carbons (Fsp3) is 0.385. The van der Waals surface area contributed by atoms with Crippen molar-refractivity contribution in [1.29, 1.82) is 0 Å². The van der Waals surface area contributed by atoms with Gasteiger partial charge < -0.3 is 4.90 Å². The highest BCUT2D eigenvalue weighted by Gasteiger charge is 1.99. The normalized spacial score (nSPS) is 9.79. The topological polar surface area (TPSA) is 3.24 Å². The molecule has 0 saturated carbocycles. The average Bonchev–Trinajstić information content (AvgIpc) is 2.01. The van der Waals surface area contributed by atoms with Crippen LogP contribution >= 0.6 is 0 Å². The summed E-state index contributed by atoms with van der Waals surface area (Å²) < 4.78 is 0. The zero-order chi connectivity index (χ0) is 10.7. The molecule has 0 atom stereocenters. The van der Waals surface area contributed by atoms with Crippen LogP contribution in [0.25, 0.3) is 6.08 Å². The molecule has 14 heavy (non-hydrogen) atoms. The standard InChI is InChI=1S/C13H19N/c1-10(2)8-12-6-7-13(14(4)5)11(3)9-12/h6-9H,1-5H3. The monoisotopic (exact) mass is 189 g/mol. The Morgan fingerprint density at radius 2 is 1.86 bits per heavy atom. The van der Waals surface area contributed by atoms with Crippen LogP contribution in [0.15, 0.2) is 23.8 Å². The van der Waals surface area contributed by atoms with E-state index in [0.29, 0.717) is 0 Å². The van der Waals surface area contributed by atoms with E-state index in [9.17, 15) is 0 Å². The van der Waals surface area contributed by atoms with Crippen molar-refractivity contribution in [1.82, 2.24) is 0 Å². The number of hydrogen-bond donors (Lipinski definition) is 0. The van der Waals surface area contributed by atoms with E-state index in [1.165, 1.54) is 22.4 Å². The second-order valence-corrected chi connectivity index (χ2v) is 4.16. The molecule has 0 radical (unpaired) electrons. The highest BCUT2D eigenvalue weighted by molar-refractivity contribution is 5.60. The van der Waals surface area contributed by atoms with Gasteiger partial charge >= 0.3 is 0 Å². The van der Waals surface area contributed by atoms with Crippen LogP contribution in [0.4, 0.5) is 5.69 Å². The third-order valence-corrected chi connectivity index (χ3v) is 2.16. The molecule has 0 amide bonds. The van der Waals surface area contributed by atoms with E-state index in [2.05, 4.69) is 64.0 Å². The van der Waals surface area contributed by atoms with Crippen molar-refractivity contribution >= 4 is 11.8 Å². The minimum atomic E-state index is 1.29. The molecule has 0 fully saturated rings. The van der Waals surface area contributed by atoms with Crippen LogP contribution in [0, 0.1) is 6.92 Å². The number of anilines is 1. The van der Waals surface area contributed by atoms with Gasteiger partial charge in [-0.25, -0.2) is 0 Å². The Bertz CT molecular complexity index is 344. The predicted octanol–water partition coefficient (Wildman–Crippen LogP) is 3.48. The second-order valence-electron chi connectivity index (χ2n) is 4.16. The van der Waals surface area contributed by atoms with E-state index in [0.717, 1.165) is 0 Å². The molecule has 1 aromatic carbocycles. The number of aryl methyl sites for hydroxylation is 1. The van der Waals surface area contributed by atoms with Crippen molar-refractivity contribution in [2.75, 3.05) is 19.0 Å². The Labute approximate surface area is 87.1 Å². The zero-order valence-corrected chi connectivity index (χ0v) is 9.76. The molecule has 0 saturated heterocycles. The molecule has 0 N–H and O–H groups in total. The summed E-state index contributed by atoms with van der Waals surface area (Å²) in [4.78, 5) is 2.14. The van der Waals surface area contributed by atoms with Crippen molar-refractivity contribution in [2.24, 2.45) is 0 Å². The maximum Gasteiger partial charge on any atom is 0.0391 e. The molecule has 1 rings (SSSR count). The fourth-order valence-corrected chi connectivity index (χ4v) is 1.60. The minimum absolute atomic E-state index is 1.29. The molecule has 1 heteroatoms. The lowest BCUT2D eigenvalue weighted by atomic mass is 10.1. The van der Waals surface area contributed by atoms with E-state index in [1.54, 1.807) is 0 Å². The Kier molecular flexibility index (Phi) is 3.34. The summed E-state index contributed by atoms with van der Waals surface area (Å²) in [6.07, 6.45) is 2.20. The first kappa shape index (κ1) is 10.8. The maximum atomic E-state index is 2.22.